The van der Waals surface area contributed by atoms with Crippen molar-refractivity contribution in [2.24, 2.45) is 5.73 Å². The van der Waals surface area contributed by atoms with Gasteiger partial charge >= 0.3 is 0 Å². The smallest absolute Gasteiger partial charge is 0.255 e. The third-order valence-corrected chi connectivity index (χ3v) is 3.70. The predicted octanol–water partition coefficient (Wildman–Crippen LogP) is 3.60. The number of nitrogens with one attached hydrogen (secondary N) is 1. The number of nitrogens with zero attached hydrogens (tertiary/aromatic N) is 1. The van der Waals surface area contributed by atoms with Crippen LogP contribution in [-0.2, 0) is 11.7 Å². The van der Waals surface area contributed by atoms with Gasteiger partial charge in [0, 0.05) is 30.2 Å². The zero-order chi connectivity index (χ0) is 16.9. The molecule has 0 unspecified atom stereocenters. The molecule has 3 aromatic rings. The van der Waals surface area contributed by atoms with Gasteiger partial charge in [-0.2, -0.15) is 0 Å². The van der Waals surface area contributed by atoms with Gasteiger partial charge in [0.2, 0.25) is 0 Å². The molecule has 0 aliphatic heterocycles. The first-order valence-corrected chi connectivity index (χ1v) is 7.49. The Morgan fingerprint density at radius 3 is 2.38 bits per heavy atom. The molecule has 0 bridgehead atoms. The fraction of sp³-hybridized carbons (Fsp3) is 0.0526. The number of amides is 1. The Bertz CT molecular complexity index is 846. The largest absolute Gasteiger partial charge is 0.326 e. The van der Waals surface area contributed by atoms with E-state index in [1.807, 2.05) is 6.07 Å². The van der Waals surface area contributed by atoms with Crippen LogP contribution in [0, 0.1) is 0 Å². The fourth-order valence-corrected chi connectivity index (χ4v) is 2.44. The number of rotatable bonds is 4. The second kappa shape index (κ2) is 6.93. The summed E-state index contributed by atoms with van der Waals surface area (Å²) >= 11 is 0. The molecule has 1 amide bonds. The molecule has 0 fully saturated rings. The maximum Gasteiger partial charge on any atom is 0.255 e. The number of carbonyl (C=O) groups excluding carboxylic acids is 1. The molecular formula is C19H16N3O2. The van der Waals surface area contributed by atoms with Gasteiger partial charge in [-0.3, -0.25) is 14.9 Å². The van der Waals surface area contributed by atoms with Gasteiger partial charge in [-0.1, -0.05) is 18.2 Å². The lowest BCUT2D eigenvalue weighted by Gasteiger charge is -2.11. The minimum Gasteiger partial charge on any atom is -0.326 e. The van der Waals surface area contributed by atoms with Gasteiger partial charge in [-0.05, 0) is 53.1 Å². The molecule has 3 rings (SSSR count). The van der Waals surface area contributed by atoms with Crippen LogP contribution < -0.4 is 11.1 Å². The predicted molar refractivity (Wildman–Crippen MR) is 92.1 cm³/mol. The Morgan fingerprint density at radius 2 is 1.71 bits per heavy atom. The third kappa shape index (κ3) is 3.42. The van der Waals surface area contributed by atoms with Crippen molar-refractivity contribution < 1.29 is 9.90 Å². The highest BCUT2D eigenvalue weighted by atomic mass is 16.3. The van der Waals surface area contributed by atoms with Crippen LogP contribution in [0.5, 0.6) is 5.75 Å². The number of aromatic nitrogens is 1. The summed E-state index contributed by atoms with van der Waals surface area (Å²) in [5, 5.41) is 14.1. The Hall–Kier alpha value is -3.18. The first-order chi connectivity index (χ1) is 11.7. The molecule has 3 N–H and O–H groups in total. The molecule has 24 heavy (non-hydrogen) atoms. The van der Waals surface area contributed by atoms with E-state index in [-0.39, 0.29) is 11.7 Å². The van der Waals surface area contributed by atoms with E-state index in [9.17, 15) is 9.90 Å². The van der Waals surface area contributed by atoms with Crippen LogP contribution >= 0.6 is 0 Å². The van der Waals surface area contributed by atoms with E-state index >= 15 is 0 Å². The van der Waals surface area contributed by atoms with Gasteiger partial charge in [-0.25, -0.2) is 0 Å². The Kier molecular flexibility index (Phi) is 4.54. The van der Waals surface area contributed by atoms with Crippen molar-refractivity contribution in [1.82, 2.24) is 4.98 Å². The van der Waals surface area contributed by atoms with Crippen LogP contribution in [-0.4, -0.2) is 10.9 Å². The van der Waals surface area contributed by atoms with E-state index in [0.717, 1.165) is 16.7 Å². The molecule has 5 nitrogen and oxygen atoms in total. The third-order valence-electron chi connectivity index (χ3n) is 3.70. The summed E-state index contributed by atoms with van der Waals surface area (Å²) in [5.41, 5.74) is 9.61. The lowest BCUT2D eigenvalue weighted by atomic mass is 9.97. The number of hydrogen-bond acceptors (Lipinski definition) is 3. The second-order valence-corrected chi connectivity index (χ2v) is 5.29. The molecule has 1 heterocycles. The van der Waals surface area contributed by atoms with Crippen molar-refractivity contribution in [3.05, 3.63) is 78.1 Å². The van der Waals surface area contributed by atoms with Gasteiger partial charge in [0.15, 0.2) is 5.75 Å². The van der Waals surface area contributed by atoms with Crippen LogP contribution in [0.4, 0.5) is 5.69 Å². The molecule has 0 spiro atoms. The number of pyridine rings is 1. The van der Waals surface area contributed by atoms with Gasteiger partial charge in [0.05, 0.1) is 0 Å². The monoisotopic (exact) mass is 318 g/mol. The standard InChI is InChI=1S/C19H16N3O2/c20-12-15-2-1-14(19(24)22-16-7-9-21-10-8-16)11-18(15)13-3-5-17(23)6-4-13/h1-11H,12,20H2,(H,21,22,24). The summed E-state index contributed by atoms with van der Waals surface area (Å²) in [6, 6.07) is 15.3. The maximum atomic E-state index is 12.4. The van der Waals surface area contributed by atoms with Gasteiger partial charge in [-0.15, -0.1) is 0 Å². The Morgan fingerprint density at radius 1 is 1.00 bits per heavy atom. The molecule has 119 valence electrons. The summed E-state index contributed by atoms with van der Waals surface area (Å²) < 4.78 is 0. The van der Waals surface area contributed by atoms with E-state index in [1.165, 1.54) is 12.1 Å². The minimum absolute atomic E-state index is 0.0559. The first kappa shape index (κ1) is 15.7. The van der Waals surface area contributed by atoms with Gasteiger partial charge in [0.1, 0.15) is 0 Å². The van der Waals surface area contributed by atoms with Gasteiger partial charge in [0.25, 0.3) is 5.91 Å². The lowest BCUT2D eigenvalue weighted by Crippen LogP contribution is -2.12. The molecule has 5 heteroatoms. The van der Waals surface area contributed by atoms with E-state index in [0.29, 0.717) is 17.8 Å². The number of hydrogen-bond donors (Lipinski definition) is 2. The van der Waals surface area contributed by atoms with Crippen molar-refractivity contribution in [2.45, 2.75) is 6.54 Å². The summed E-state index contributed by atoms with van der Waals surface area (Å²) in [4.78, 5) is 16.4. The van der Waals surface area contributed by atoms with Crippen LogP contribution in [0.25, 0.3) is 11.1 Å². The highest BCUT2D eigenvalue weighted by Gasteiger charge is 2.11. The summed E-state index contributed by atoms with van der Waals surface area (Å²) in [6.07, 6.45) is 3.23. The SMILES string of the molecule is NCc1ccc(C(=O)Nc2ccncc2)cc1-c1ccc([O])cc1. The van der Waals surface area contributed by atoms with Crippen molar-refractivity contribution in [1.29, 1.82) is 0 Å². The molecule has 2 aromatic carbocycles. The molecular weight excluding hydrogens is 302 g/mol. The molecule has 0 saturated heterocycles. The molecule has 1 aromatic heterocycles. The van der Waals surface area contributed by atoms with Crippen molar-refractivity contribution >= 4 is 11.6 Å². The molecule has 1 radical (unpaired) electrons. The normalized spacial score (nSPS) is 10.4. The average Bonchev–Trinajstić information content (AvgIpc) is 2.62. The van der Waals surface area contributed by atoms with Crippen LogP contribution in [0.15, 0.2) is 67.0 Å². The van der Waals surface area contributed by atoms with Crippen LogP contribution in [0.2, 0.25) is 0 Å². The Labute approximate surface area is 139 Å². The molecule has 0 saturated carbocycles. The van der Waals surface area contributed by atoms with E-state index in [4.69, 9.17) is 5.73 Å². The molecule has 0 aliphatic rings. The maximum absolute atomic E-state index is 12.4. The lowest BCUT2D eigenvalue weighted by molar-refractivity contribution is 0.102. The topological polar surface area (TPSA) is 87.9 Å². The van der Waals surface area contributed by atoms with E-state index < -0.39 is 0 Å². The first-order valence-electron chi connectivity index (χ1n) is 7.49. The fourth-order valence-electron chi connectivity index (χ4n) is 2.44. The summed E-state index contributed by atoms with van der Waals surface area (Å²) in [7, 11) is 0. The minimum atomic E-state index is -0.216. The van der Waals surface area contributed by atoms with Crippen molar-refractivity contribution in [3.8, 4) is 16.9 Å². The quantitative estimate of drug-likeness (QED) is 0.770. The number of carbonyl (C=O) groups is 1. The van der Waals surface area contributed by atoms with Crippen LogP contribution in [0.3, 0.4) is 0 Å². The molecule has 0 aliphatic carbocycles. The zero-order valence-corrected chi connectivity index (χ0v) is 12.9. The Balaban J connectivity index is 1.94. The number of benzene rings is 2. The molecule has 0 atom stereocenters. The highest BCUT2D eigenvalue weighted by molar-refractivity contribution is 6.05. The van der Waals surface area contributed by atoms with E-state index in [1.54, 1.807) is 48.8 Å². The van der Waals surface area contributed by atoms with Crippen molar-refractivity contribution in [2.75, 3.05) is 5.32 Å². The highest BCUT2D eigenvalue weighted by Crippen LogP contribution is 2.27. The van der Waals surface area contributed by atoms with E-state index in [2.05, 4.69) is 10.3 Å². The number of anilines is 1. The zero-order valence-electron chi connectivity index (χ0n) is 12.9. The van der Waals surface area contributed by atoms with Crippen molar-refractivity contribution in [3.63, 3.8) is 0 Å². The summed E-state index contributed by atoms with van der Waals surface area (Å²) in [5.74, 6) is -0.272. The van der Waals surface area contributed by atoms with Gasteiger partial charge < -0.3 is 11.1 Å². The average molecular weight is 318 g/mol. The second-order valence-electron chi connectivity index (χ2n) is 5.29. The summed E-state index contributed by atoms with van der Waals surface area (Å²) in [6.45, 7) is 0.348. The number of nitrogens with two attached hydrogens (primary N) is 1. The van der Waals surface area contributed by atoms with Crippen LogP contribution in [0.1, 0.15) is 15.9 Å².